The number of nitrogens with zero attached hydrogens (tertiary/aromatic N) is 1. The van der Waals surface area contributed by atoms with Gasteiger partial charge in [-0.25, -0.2) is 0 Å². The lowest BCUT2D eigenvalue weighted by molar-refractivity contribution is 0.102. The van der Waals surface area contributed by atoms with Crippen LogP contribution in [0.3, 0.4) is 0 Å². The summed E-state index contributed by atoms with van der Waals surface area (Å²) in [6.07, 6.45) is 6.68. The summed E-state index contributed by atoms with van der Waals surface area (Å²) in [5, 5.41) is 3.78. The molecule has 1 aromatic heterocycles. The molecular formula is C22H22N2O2. The van der Waals surface area contributed by atoms with Crippen molar-refractivity contribution >= 4 is 22.5 Å². The predicted molar refractivity (Wildman–Crippen MR) is 106 cm³/mol. The molecule has 1 heterocycles. The zero-order valence-electron chi connectivity index (χ0n) is 14.7. The van der Waals surface area contributed by atoms with Crippen LogP contribution >= 0.6 is 0 Å². The summed E-state index contributed by atoms with van der Waals surface area (Å²) in [4.78, 5) is 16.9. The van der Waals surface area contributed by atoms with E-state index in [0.717, 1.165) is 41.6 Å². The van der Waals surface area contributed by atoms with Crippen molar-refractivity contribution in [2.24, 2.45) is 0 Å². The van der Waals surface area contributed by atoms with E-state index in [4.69, 9.17) is 4.74 Å². The largest absolute Gasteiger partial charge is 0.492 e. The van der Waals surface area contributed by atoms with Crippen LogP contribution in [0.25, 0.3) is 10.9 Å². The molecule has 2 aromatic carbocycles. The number of hydrogen-bond donors (Lipinski definition) is 1. The number of ether oxygens (including phenoxy) is 1. The molecule has 3 rings (SSSR count). The van der Waals surface area contributed by atoms with E-state index in [1.54, 1.807) is 12.3 Å². The first kappa shape index (κ1) is 17.7. The molecule has 0 bridgehead atoms. The molecule has 0 fully saturated rings. The maximum absolute atomic E-state index is 12.4. The monoisotopic (exact) mass is 346 g/mol. The summed E-state index contributed by atoms with van der Waals surface area (Å²) in [7, 11) is 0. The SMILES string of the molecule is C=CCCCCOc1cnc2ccc(C(=O)Nc3ccccc3)cc2c1. The van der Waals surface area contributed by atoms with E-state index in [1.807, 2.05) is 54.6 Å². The van der Waals surface area contributed by atoms with E-state index >= 15 is 0 Å². The van der Waals surface area contributed by atoms with Gasteiger partial charge in [-0.1, -0.05) is 24.3 Å². The van der Waals surface area contributed by atoms with Crippen molar-refractivity contribution in [2.75, 3.05) is 11.9 Å². The average molecular weight is 346 g/mol. The van der Waals surface area contributed by atoms with Gasteiger partial charge in [0, 0.05) is 16.6 Å². The van der Waals surface area contributed by atoms with Gasteiger partial charge in [-0.15, -0.1) is 6.58 Å². The molecule has 4 nitrogen and oxygen atoms in total. The third-order valence-electron chi connectivity index (χ3n) is 4.02. The summed E-state index contributed by atoms with van der Waals surface area (Å²) in [6.45, 7) is 4.36. The highest BCUT2D eigenvalue weighted by atomic mass is 16.5. The molecule has 0 aliphatic carbocycles. The maximum atomic E-state index is 12.4. The Balaban J connectivity index is 1.70. The van der Waals surface area contributed by atoms with E-state index in [1.165, 1.54) is 0 Å². The van der Waals surface area contributed by atoms with Gasteiger partial charge in [0.05, 0.1) is 18.3 Å². The van der Waals surface area contributed by atoms with Crippen LogP contribution in [0.2, 0.25) is 0 Å². The number of allylic oxidation sites excluding steroid dienone is 1. The highest BCUT2D eigenvalue weighted by molar-refractivity contribution is 6.06. The molecule has 0 aliphatic heterocycles. The second-order valence-electron chi connectivity index (χ2n) is 6.03. The van der Waals surface area contributed by atoms with Gasteiger partial charge in [-0.05, 0) is 55.7 Å². The third kappa shape index (κ3) is 4.70. The number of nitrogens with one attached hydrogen (secondary N) is 1. The Morgan fingerprint density at radius 2 is 1.96 bits per heavy atom. The zero-order chi connectivity index (χ0) is 18.2. The minimum absolute atomic E-state index is 0.145. The second kappa shape index (κ2) is 8.81. The molecule has 26 heavy (non-hydrogen) atoms. The first-order chi connectivity index (χ1) is 12.8. The molecule has 0 aliphatic rings. The summed E-state index contributed by atoms with van der Waals surface area (Å²) in [6, 6.07) is 16.8. The number of rotatable bonds is 8. The highest BCUT2D eigenvalue weighted by Gasteiger charge is 2.08. The number of amides is 1. The molecule has 4 heteroatoms. The topological polar surface area (TPSA) is 51.2 Å². The van der Waals surface area contributed by atoms with E-state index in [9.17, 15) is 4.79 Å². The van der Waals surface area contributed by atoms with E-state index in [-0.39, 0.29) is 5.91 Å². The maximum Gasteiger partial charge on any atom is 0.255 e. The molecule has 0 atom stereocenters. The highest BCUT2D eigenvalue weighted by Crippen LogP contribution is 2.21. The molecule has 1 N–H and O–H groups in total. The first-order valence-corrected chi connectivity index (χ1v) is 8.76. The lowest BCUT2D eigenvalue weighted by atomic mass is 10.1. The Kier molecular flexibility index (Phi) is 5.99. The summed E-state index contributed by atoms with van der Waals surface area (Å²) >= 11 is 0. The Labute approximate surface area is 153 Å². The number of fused-ring (bicyclic) bond motifs is 1. The number of aromatic nitrogens is 1. The van der Waals surface area contributed by atoms with Gasteiger partial charge in [-0.3, -0.25) is 9.78 Å². The number of unbranched alkanes of at least 4 members (excludes halogenated alkanes) is 2. The van der Waals surface area contributed by atoms with Gasteiger partial charge in [0.15, 0.2) is 0 Å². The Hall–Kier alpha value is -3.14. The van der Waals surface area contributed by atoms with Crippen molar-refractivity contribution in [1.82, 2.24) is 4.98 Å². The molecule has 132 valence electrons. The summed E-state index contributed by atoms with van der Waals surface area (Å²) in [5.74, 6) is 0.575. The number of para-hydroxylation sites is 1. The minimum atomic E-state index is -0.145. The Morgan fingerprint density at radius 1 is 1.12 bits per heavy atom. The van der Waals surface area contributed by atoms with E-state index in [0.29, 0.717) is 12.2 Å². The van der Waals surface area contributed by atoms with Crippen LogP contribution in [0, 0.1) is 0 Å². The summed E-state index contributed by atoms with van der Waals surface area (Å²) < 4.78 is 5.76. The average Bonchev–Trinajstić information content (AvgIpc) is 2.68. The van der Waals surface area contributed by atoms with Crippen molar-refractivity contribution < 1.29 is 9.53 Å². The first-order valence-electron chi connectivity index (χ1n) is 8.76. The second-order valence-corrected chi connectivity index (χ2v) is 6.03. The van der Waals surface area contributed by atoms with Gasteiger partial charge in [0.25, 0.3) is 5.91 Å². The van der Waals surface area contributed by atoms with Gasteiger partial charge >= 0.3 is 0 Å². The number of pyridine rings is 1. The number of carbonyl (C=O) groups excluding carboxylic acids is 1. The smallest absolute Gasteiger partial charge is 0.255 e. The van der Waals surface area contributed by atoms with Crippen molar-refractivity contribution in [3.8, 4) is 5.75 Å². The van der Waals surface area contributed by atoms with Gasteiger partial charge in [0.1, 0.15) is 5.75 Å². The van der Waals surface area contributed by atoms with Crippen LogP contribution in [0.5, 0.6) is 5.75 Å². The molecule has 1 amide bonds. The quantitative estimate of drug-likeness (QED) is 0.449. The molecule has 0 radical (unpaired) electrons. The molecule has 0 spiro atoms. The molecule has 3 aromatic rings. The Bertz CT molecular complexity index is 891. The van der Waals surface area contributed by atoms with E-state index in [2.05, 4.69) is 16.9 Å². The van der Waals surface area contributed by atoms with Crippen LogP contribution in [0.1, 0.15) is 29.6 Å². The van der Waals surface area contributed by atoms with Crippen LogP contribution < -0.4 is 10.1 Å². The van der Waals surface area contributed by atoms with Crippen molar-refractivity contribution in [3.63, 3.8) is 0 Å². The van der Waals surface area contributed by atoms with Crippen molar-refractivity contribution in [1.29, 1.82) is 0 Å². The zero-order valence-corrected chi connectivity index (χ0v) is 14.7. The molecule has 0 unspecified atom stereocenters. The lowest BCUT2D eigenvalue weighted by Crippen LogP contribution is -2.11. The number of hydrogen-bond acceptors (Lipinski definition) is 3. The number of anilines is 1. The van der Waals surface area contributed by atoms with Crippen LogP contribution in [-0.4, -0.2) is 17.5 Å². The van der Waals surface area contributed by atoms with Crippen LogP contribution in [-0.2, 0) is 0 Å². The summed E-state index contributed by atoms with van der Waals surface area (Å²) in [5.41, 5.74) is 2.19. The van der Waals surface area contributed by atoms with Gasteiger partial charge in [-0.2, -0.15) is 0 Å². The fourth-order valence-electron chi connectivity index (χ4n) is 2.64. The molecular weight excluding hydrogens is 324 g/mol. The minimum Gasteiger partial charge on any atom is -0.492 e. The van der Waals surface area contributed by atoms with E-state index < -0.39 is 0 Å². The van der Waals surface area contributed by atoms with Gasteiger partial charge in [0.2, 0.25) is 0 Å². The predicted octanol–water partition coefficient (Wildman–Crippen LogP) is 5.22. The molecule has 0 saturated carbocycles. The number of benzene rings is 2. The van der Waals surface area contributed by atoms with Crippen molar-refractivity contribution in [2.45, 2.75) is 19.3 Å². The number of carbonyl (C=O) groups is 1. The normalized spacial score (nSPS) is 10.5. The fraction of sp³-hybridized carbons (Fsp3) is 0.182. The van der Waals surface area contributed by atoms with Crippen molar-refractivity contribution in [3.05, 3.63) is 79.0 Å². The fourth-order valence-corrected chi connectivity index (χ4v) is 2.64. The standard InChI is InChI=1S/C22H22N2O2/c1-2-3-4-8-13-26-20-15-18-14-17(11-12-21(18)23-16-20)22(25)24-19-9-6-5-7-10-19/h2,5-7,9-12,14-16H,1,3-4,8,13H2,(H,24,25). The third-order valence-corrected chi connectivity index (χ3v) is 4.02. The Morgan fingerprint density at radius 3 is 2.77 bits per heavy atom. The molecule has 0 saturated heterocycles. The van der Waals surface area contributed by atoms with Crippen LogP contribution in [0.4, 0.5) is 5.69 Å². The van der Waals surface area contributed by atoms with Gasteiger partial charge < -0.3 is 10.1 Å². The van der Waals surface area contributed by atoms with Crippen LogP contribution in [0.15, 0.2) is 73.4 Å². The lowest BCUT2D eigenvalue weighted by Gasteiger charge is -2.08.